The molecule has 0 aliphatic carbocycles. The summed E-state index contributed by atoms with van der Waals surface area (Å²) in [5, 5.41) is 9.04. The average molecular weight is 494 g/mol. The van der Waals surface area contributed by atoms with Gasteiger partial charge in [-0.2, -0.15) is 4.31 Å². The molecule has 32 heavy (non-hydrogen) atoms. The van der Waals surface area contributed by atoms with E-state index in [9.17, 15) is 8.42 Å². The molecule has 0 unspecified atom stereocenters. The van der Waals surface area contributed by atoms with Gasteiger partial charge in [-0.15, -0.1) is 10.2 Å². The van der Waals surface area contributed by atoms with Crippen molar-refractivity contribution >= 4 is 33.4 Å². The number of halogens is 1. The van der Waals surface area contributed by atoms with Gasteiger partial charge in [0, 0.05) is 24.4 Å². The largest absolute Gasteiger partial charge is 0.454 e. The summed E-state index contributed by atoms with van der Waals surface area (Å²) < 4.78 is 44.0. The first-order valence-electron chi connectivity index (χ1n) is 10.2. The Bertz CT molecular complexity index is 1240. The summed E-state index contributed by atoms with van der Waals surface area (Å²) in [6.07, 6.45) is 2.84. The monoisotopic (exact) mass is 493 g/mol. The van der Waals surface area contributed by atoms with Crippen molar-refractivity contribution in [3.63, 3.8) is 0 Å². The molecule has 0 amide bonds. The van der Waals surface area contributed by atoms with Gasteiger partial charge in [0.2, 0.25) is 22.7 Å². The number of hydrogen-bond donors (Lipinski definition) is 0. The molecule has 3 aromatic rings. The molecule has 8 nitrogen and oxygen atoms in total. The maximum atomic E-state index is 13.0. The highest BCUT2D eigenvalue weighted by Gasteiger charge is 2.26. The van der Waals surface area contributed by atoms with E-state index < -0.39 is 10.0 Å². The molecule has 0 radical (unpaired) electrons. The Balaban J connectivity index is 1.31. The van der Waals surface area contributed by atoms with Crippen molar-refractivity contribution < 1.29 is 22.3 Å². The molecule has 168 valence electrons. The molecular weight excluding hydrogens is 474 g/mol. The topological polar surface area (TPSA) is 94.8 Å². The first-order chi connectivity index (χ1) is 15.5. The van der Waals surface area contributed by atoms with Crippen LogP contribution >= 0.6 is 23.4 Å². The van der Waals surface area contributed by atoms with Crippen LogP contribution in [0.15, 0.2) is 50.9 Å². The average Bonchev–Trinajstić information content (AvgIpc) is 3.48. The molecule has 0 saturated carbocycles. The van der Waals surface area contributed by atoms with E-state index in [4.69, 9.17) is 25.5 Å². The molecule has 0 atom stereocenters. The first kappa shape index (κ1) is 21.6. The lowest BCUT2D eigenvalue weighted by molar-refractivity contribution is 0.174. The van der Waals surface area contributed by atoms with Crippen molar-refractivity contribution in [1.29, 1.82) is 0 Å². The third-order valence-corrected chi connectivity index (χ3v) is 8.35. The van der Waals surface area contributed by atoms with Crippen LogP contribution < -0.4 is 9.47 Å². The number of aromatic nitrogens is 2. The fourth-order valence-electron chi connectivity index (χ4n) is 3.68. The number of benzene rings is 2. The number of hydrogen-bond acceptors (Lipinski definition) is 8. The summed E-state index contributed by atoms with van der Waals surface area (Å²) in [7, 11) is -3.54. The zero-order valence-corrected chi connectivity index (χ0v) is 19.4. The molecule has 0 N–H and O–H groups in total. The van der Waals surface area contributed by atoms with Gasteiger partial charge in [-0.1, -0.05) is 35.9 Å². The highest BCUT2D eigenvalue weighted by atomic mass is 35.5. The normalized spacial score (nSPS) is 16.4. The van der Waals surface area contributed by atoms with E-state index >= 15 is 0 Å². The molecule has 0 spiro atoms. The van der Waals surface area contributed by atoms with Crippen molar-refractivity contribution in [1.82, 2.24) is 14.5 Å². The minimum atomic E-state index is -3.54. The van der Waals surface area contributed by atoms with Gasteiger partial charge in [-0.05, 0) is 48.7 Å². The SMILES string of the molecule is O=S(=O)(c1cccc(-c2nnc(SCc3cc(Cl)c4c(c3)OCO4)o2)c1)N1CCCCC1. The standard InChI is InChI=1S/C21H20ClN3O5S2/c22-17-9-14(10-18-19(17)29-13-28-18)12-31-21-24-23-20(30-21)15-5-4-6-16(11-15)32(26,27)25-7-2-1-3-8-25/h4-6,9-11H,1-3,7-8,12-13H2. The highest BCUT2D eigenvalue weighted by molar-refractivity contribution is 7.98. The molecular formula is C21H20ClN3O5S2. The Morgan fingerprint density at radius 2 is 1.91 bits per heavy atom. The predicted molar refractivity (Wildman–Crippen MR) is 119 cm³/mol. The second-order valence-corrected chi connectivity index (χ2v) is 10.7. The second-order valence-electron chi connectivity index (χ2n) is 7.47. The summed E-state index contributed by atoms with van der Waals surface area (Å²) in [5.74, 6) is 1.99. The minimum Gasteiger partial charge on any atom is -0.454 e. The van der Waals surface area contributed by atoms with E-state index in [0.717, 1.165) is 24.8 Å². The number of ether oxygens (including phenoxy) is 2. The smallest absolute Gasteiger partial charge is 0.277 e. The third kappa shape index (κ3) is 4.32. The van der Waals surface area contributed by atoms with Crippen LogP contribution in [0, 0.1) is 0 Å². The van der Waals surface area contributed by atoms with Gasteiger partial charge < -0.3 is 13.9 Å². The number of nitrogens with zero attached hydrogens (tertiary/aromatic N) is 3. The molecule has 1 fully saturated rings. The van der Waals surface area contributed by atoms with Crippen LogP contribution in [0.4, 0.5) is 0 Å². The summed E-state index contributed by atoms with van der Waals surface area (Å²) >= 11 is 7.58. The molecule has 3 heterocycles. The Morgan fingerprint density at radius 1 is 1.06 bits per heavy atom. The van der Waals surface area contributed by atoms with E-state index in [-0.39, 0.29) is 17.6 Å². The Labute approximate surface area is 194 Å². The summed E-state index contributed by atoms with van der Waals surface area (Å²) in [4.78, 5) is 0.235. The minimum absolute atomic E-state index is 0.158. The van der Waals surface area contributed by atoms with Crippen LogP contribution in [-0.2, 0) is 15.8 Å². The molecule has 5 rings (SSSR count). The molecule has 1 saturated heterocycles. The van der Waals surface area contributed by atoms with Crippen LogP contribution in [0.2, 0.25) is 5.02 Å². The van der Waals surface area contributed by atoms with Crippen molar-refractivity contribution in [2.75, 3.05) is 19.9 Å². The van der Waals surface area contributed by atoms with E-state index in [0.29, 0.717) is 46.2 Å². The van der Waals surface area contributed by atoms with Crippen LogP contribution in [0.25, 0.3) is 11.5 Å². The van der Waals surface area contributed by atoms with Crippen LogP contribution in [0.5, 0.6) is 11.5 Å². The van der Waals surface area contributed by atoms with E-state index in [2.05, 4.69) is 10.2 Å². The van der Waals surface area contributed by atoms with Gasteiger partial charge in [-0.25, -0.2) is 8.42 Å². The first-order valence-corrected chi connectivity index (χ1v) is 13.0. The fourth-order valence-corrected chi connectivity index (χ4v) is 6.22. The molecule has 1 aromatic heterocycles. The summed E-state index contributed by atoms with van der Waals surface area (Å²) in [6, 6.07) is 10.3. The molecule has 0 bridgehead atoms. The Morgan fingerprint density at radius 3 is 2.75 bits per heavy atom. The number of sulfonamides is 1. The molecule has 2 aliphatic rings. The maximum absolute atomic E-state index is 13.0. The van der Waals surface area contributed by atoms with Gasteiger partial charge in [-0.3, -0.25) is 0 Å². The number of rotatable bonds is 6. The van der Waals surface area contributed by atoms with E-state index in [1.807, 2.05) is 12.1 Å². The maximum Gasteiger partial charge on any atom is 0.277 e. The lowest BCUT2D eigenvalue weighted by Gasteiger charge is -2.25. The van der Waals surface area contributed by atoms with Gasteiger partial charge >= 0.3 is 0 Å². The molecule has 2 aliphatic heterocycles. The van der Waals surface area contributed by atoms with Gasteiger partial charge in [0.1, 0.15) is 0 Å². The fraction of sp³-hybridized carbons (Fsp3) is 0.333. The zero-order chi connectivity index (χ0) is 22.1. The number of thioether (sulfide) groups is 1. The lowest BCUT2D eigenvalue weighted by atomic mass is 10.2. The summed E-state index contributed by atoms with van der Waals surface area (Å²) in [6.45, 7) is 1.26. The Hall–Kier alpha value is -2.27. The number of piperidine rings is 1. The van der Waals surface area contributed by atoms with E-state index in [1.165, 1.54) is 11.8 Å². The van der Waals surface area contributed by atoms with Crippen LogP contribution in [0.3, 0.4) is 0 Å². The van der Waals surface area contributed by atoms with Crippen LogP contribution in [0.1, 0.15) is 24.8 Å². The van der Waals surface area contributed by atoms with Crippen LogP contribution in [-0.4, -0.2) is 42.8 Å². The van der Waals surface area contributed by atoms with Crippen molar-refractivity contribution in [3.8, 4) is 23.0 Å². The second kappa shape index (κ2) is 8.93. The van der Waals surface area contributed by atoms with Crippen molar-refractivity contribution in [3.05, 3.63) is 47.0 Å². The number of fused-ring (bicyclic) bond motifs is 1. The van der Waals surface area contributed by atoms with Gasteiger partial charge in [0.05, 0.1) is 9.92 Å². The predicted octanol–water partition coefficient (Wildman–Crippen LogP) is 4.59. The molecule has 11 heteroatoms. The molecule has 2 aromatic carbocycles. The zero-order valence-electron chi connectivity index (χ0n) is 17.0. The van der Waals surface area contributed by atoms with Gasteiger partial charge in [0.15, 0.2) is 11.5 Å². The third-order valence-electron chi connectivity index (χ3n) is 5.29. The lowest BCUT2D eigenvalue weighted by Crippen LogP contribution is -2.35. The van der Waals surface area contributed by atoms with Crippen molar-refractivity contribution in [2.24, 2.45) is 0 Å². The quantitative estimate of drug-likeness (QED) is 0.460. The van der Waals surface area contributed by atoms with E-state index in [1.54, 1.807) is 28.6 Å². The summed E-state index contributed by atoms with van der Waals surface area (Å²) in [5.41, 5.74) is 1.49. The van der Waals surface area contributed by atoms with Gasteiger partial charge in [0.25, 0.3) is 5.22 Å². The Kier molecular flexibility index (Phi) is 6.02. The van der Waals surface area contributed by atoms with Crippen molar-refractivity contribution in [2.45, 2.75) is 35.1 Å². The highest BCUT2D eigenvalue weighted by Crippen LogP contribution is 2.41.